The first-order chi connectivity index (χ1) is 16.1. The molecule has 4 nitrogen and oxygen atoms in total. The van der Waals surface area contributed by atoms with Gasteiger partial charge in [-0.05, 0) is 48.3 Å². The maximum Gasteiger partial charge on any atom is 0.336 e. The van der Waals surface area contributed by atoms with Gasteiger partial charge in [-0.3, -0.25) is 0 Å². The van der Waals surface area contributed by atoms with E-state index in [2.05, 4.69) is 38.1 Å². The third-order valence-corrected chi connectivity index (χ3v) is 6.07. The van der Waals surface area contributed by atoms with Crippen LogP contribution in [0.1, 0.15) is 80.3 Å². The fourth-order valence-electron chi connectivity index (χ4n) is 4.12. The molecule has 33 heavy (non-hydrogen) atoms. The molecule has 0 saturated heterocycles. The molecule has 0 saturated carbocycles. The maximum atomic E-state index is 12.1. The van der Waals surface area contributed by atoms with Crippen LogP contribution in [0.4, 0.5) is 0 Å². The normalized spacial score (nSPS) is 17.6. The second kappa shape index (κ2) is 12.4. The number of rotatable bonds is 13. The van der Waals surface area contributed by atoms with Gasteiger partial charge in [0, 0.05) is 18.6 Å². The minimum absolute atomic E-state index is 0.256. The zero-order valence-corrected chi connectivity index (χ0v) is 19.9. The van der Waals surface area contributed by atoms with Gasteiger partial charge in [-0.2, -0.15) is 0 Å². The third kappa shape index (κ3) is 6.58. The highest BCUT2D eigenvalue weighted by molar-refractivity contribution is 5.90. The van der Waals surface area contributed by atoms with Gasteiger partial charge in [0.1, 0.15) is 11.4 Å². The van der Waals surface area contributed by atoms with E-state index in [0.29, 0.717) is 30.9 Å². The molecule has 176 valence electrons. The first-order valence-electron chi connectivity index (χ1n) is 12.2. The Hall–Kier alpha value is -2.85. The maximum absolute atomic E-state index is 12.1. The Balaban J connectivity index is 1.91. The van der Waals surface area contributed by atoms with Crippen LogP contribution < -0.4 is 4.74 Å². The lowest BCUT2D eigenvalue weighted by molar-refractivity contribution is -0.0134. The minimum Gasteiger partial charge on any atom is -0.494 e. The Morgan fingerprint density at radius 3 is 2.42 bits per heavy atom. The summed E-state index contributed by atoms with van der Waals surface area (Å²) in [7, 11) is 0. The molecular weight excluding hydrogens is 412 g/mol. The van der Waals surface area contributed by atoms with Crippen molar-refractivity contribution in [1.82, 2.24) is 0 Å². The summed E-state index contributed by atoms with van der Waals surface area (Å²) < 4.78 is 12.4. The van der Waals surface area contributed by atoms with Crippen LogP contribution in [0.5, 0.6) is 5.75 Å². The number of aromatic carboxylic acids is 1. The van der Waals surface area contributed by atoms with Crippen LogP contribution in [0.15, 0.2) is 66.8 Å². The van der Waals surface area contributed by atoms with E-state index < -0.39 is 11.6 Å². The van der Waals surface area contributed by atoms with E-state index in [0.717, 1.165) is 36.8 Å². The van der Waals surface area contributed by atoms with E-state index in [1.165, 1.54) is 12.8 Å². The van der Waals surface area contributed by atoms with Gasteiger partial charge in [0.15, 0.2) is 0 Å². The molecule has 0 fully saturated rings. The van der Waals surface area contributed by atoms with Crippen LogP contribution in [0.2, 0.25) is 0 Å². The molecule has 0 amide bonds. The van der Waals surface area contributed by atoms with E-state index >= 15 is 0 Å². The molecule has 0 aromatic heterocycles. The molecule has 1 N–H and O–H groups in total. The van der Waals surface area contributed by atoms with E-state index in [9.17, 15) is 9.90 Å². The summed E-state index contributed by atoms with van der Waals surface area (Å²) in [4.78, 5) is 12.1. The first-order valence-corrected chi connectivity index (χ1v) is 12.2. The molecular formula is C29H36O4. The third-order valence-electron chi connectivity index (χ3n) is 6.07. The standard InChI is InChI=1S/C29H36O4/c1-3-5-7-11-20-32-25-14-15-26(28(30)31)27(22-25)29(33-21-6-4-2)18-16-24(17-19-29)23-12-9-8-10-13-23/h8-10,12-18,22H,3-7,11,19-21H2,1-2H3,(H,30,31). The molecule has 3 rings (SSSR count). The molecule has 0 heterocycles. The smallest absolute Gasteiger partial charge is 0.336 e. The summed E-state index contributed by atoms with van der Waals surface area (Å²) in [5.74, 6) is -0.264. The molecule has 0 aliphatic heterocycles. The summed E-state index contributed by atoms with van der Waals surface area (Å²) in [6.07, 6.45) is 13.2. The van der Waals surface area contributed by atoms with Crippen LogP contribution in [0, 0.1) is 0 Å². The number of carbonyl (C=O) groups is 1. The second-order valence-corrected chi connectivity index (χ2v) is 8.58. The molecule has 1 atom stereocenters. The number of benzene rings is 2. The number of hydrogen-bond acceptors (Lipinski definition) is 3. The van der Waals surface area contributed by atoms with Crippen molar-refractivity contribution in [3.05, 3.63) is 83.4 Å². The lowest BCUT2D eigenvalue weighted by Gasteiger charge is -2.34. The van der Waals surface area contributed by atoms with Gasteiger partial charge in [-0.1, -0.05) is 82.0 Å². The average Bonchev–Trinajstić information content (AvgIpc) is 2.85. The van der Waals surface area contributed by atoms with Crippen molar-refractivity contribution >= 4 is 11.5 Å². The Bertz CT molecular complexity index is 961. The summed E-state index contributed by atoms with van der Waals surface area (Å²) in [6, 6.07) is 15.5. The van der Waals surface area contributed by atoms with Crippen LogP contribution in [-0.2, 0) is 10.3 Å². The van der Waals surface area contributed by atoms with Gasteiger partial charge in [-0.25, -0.2) is 4.79 Å². The number of ether oxygens (including phenoxy) is 2. The van der Waals surface area contributed by atoms with Gasteiger partial charge < -0.3 is 14.6 Å². The predicted molar refractivity (Wildman–Crippen MR) is 134 cm³/mol. The fourth-order valence-corrected chi connectivity index (χ4v) is 4.12. The van der Waals surface area contributed by atoms with Crippen molar-refractivity contribution in [3.63, 3.8) is 0 Å². The van der Waals surface area contributed by atoms with Gasteiger partial charge in [0.05, 0.1) is 12.2 Å². The number of allylic oxidation sites excluding steroid dienone is 2. The van der Waals surface area contributed by atoms with Crippen molar-refractivity contribution in [2.45, 2.75) is 64.4 Å². The van der Waals surface area contributed by atoms with Gasteiger partial charge in [0.25, 0.3) is 0 Å². The van der Waals surface area contributed by atoms with Gasteiger partial charge in [0.2, 0.25) is 0 Å². The zero-order valence-electron chi connectivity index (χ0n) is 19.9. The molecule has 1 unspecified atom stereocenters. The molecule has 0 bridgehead atoms. The summed E-state index contributed by atoms with van der Waals surface area (Å²) in [5, 5.41) is 9.94. The van der Waals surface area contributed by atoms with Crippen molar-refractivity contribution < 1.29 is 19.4 Å². The van der Waals surface area contributed by atoms with Gasteiger partial charge >= 0.3 is 5.97 Å². The quantitative estimate of drug-likeness (QED) is 0.324. The summed E-state index contributed by atoms with van der Waals surface area (Å²) in [6.45, 7) is 5.50. The highest BCUT2D eigenvalue weighted by Gasteiger charge is 2.35. The molecule has 1 aliphatic carbocycles. The van der Waals surface area contributed by atoms with Crippen LogP contribution in [-0.4, -0.2) is 24.3 Å². The lowest BCUT2D eigenvalue weighted by atomic mass is 9.81. The van der Waals surface area contributed by atoms with Crippen LogP contribution >= 0.6 is 0 Å². The SMILES string of the molecule is CCCCCCOc1ccc(C(=O)O)c(C2(OCCCC)C=CC(c3ccccc3)=CC2)c1. The number of carboxylic acid groups (broad SMARTS) is 1. The van der Waals surface area contributed by atoms with E-state index in [1.807, 2.05) is 30.3 Å². The van der Waals surface area contributed by atoms with E-state index in [1.54, 1.807) is 12.1 Å². The summed E-state index contributed by atoms with van der Waals surface area (Å²) >= 11 is 0. The Morgan fingerprint density at radius 1 is 0.970 bits per heavy atom. The fraction of sp³-hybridized carbons (Fsp3) is 0.414. The van der Waals surface area contributed by atoms with Crippen molar-refractivity contribution in [1.29, 1.82) is 0 Å². The number of hydrogen-bond donors (Lipinski definition) is 1. The number of carboxylic acids is 1. The second-order valence-electron chi connectivity index (χ2n) is 8.58. The minimum atomic E-state index is -0.954. The highest BCUT2D eigenvalue weighted by atomic mass is 16.5. The van der Waals surface area contributed by atoms with Crippen molar-refractivity contribution in [3.8, 4) is 5.75 Å². The van der Waals surface area contributed by atoms with Gasteiger partial charge in [-0.15, -0.1) is 0 Å². The molecule has 4 heteroatoms. The Morgan fingerprint density at radius 2 is 1.76 bits per heavy atom. The zero-order chi connectivity index (χ0) is 23.5. The molecule has 0 radical (unpaired) electrons. The molecule has 0 spiro atoms. The highest BCUT2D eigenvalue weighted by Crippen LogP contribution is 2.41. The van der Waals surface area contributed by atoms with E-state index in [-0.39, 0.29) is 5.56 Å². The average molecular weight is 449 g/mol. The van der Waals surface area contributed by atoms with E-state index in [4.69, 9.17) is 9.47 Å². The topological polar surface area (TPSA) is 55.8 Å². The first kappa shape index (κ1) is 24.8. The Labute approximate surface area is 197 Å². The molecule has 2 aromatic rings. The number of unbranched alkanes of at least 4 members (excludes halogenated alkanes) is 4. The van der Waals surface area contributed by atoms with Crippen molar-refractivity contribution in [2.75, 3.05) is 13.2 Å². The predicted octanol–water partition coefficient (Wildman–Crippen LogP) is 7.40. The lowest BCUT2D eigenvalue weighted by Crippen LogP contribution is -2.31. The van der Waals surface area contributed by atoms with Crippen LogP contribution in [0.3, 0.4) is 0 Å². The summed E-state index contributed by atoms with van der Waals surface area (Å²) in [5.41, 5.74) is 2.33. The molecule has 1 aliphatic rings. The largest absolute Gasteiger partial charge is 0.494 e. The molecule has 2 aromatic carbocycles. The Kier molecular flexibility index (Phi) is 9.32. The van der Waals surface area contributed by atoms with Crippen LogP contribution in [0.25, 0.3) is 5.57 Å². The monoisotopic (exact) mass is 448 g/mol. The van der Waals surface area contributed by atoms with Crippen molar-refractivity contribution in [2.24, 2.45) is 0 Å².